The fourth-order valence-electron chi connectivity index (χ4n) is 1.94. The quantitative estimate of drug-likeness (QED) is 0.694. The van der Waals surface area contributed by atoms with Gasteiger partial charge in [-0.25, -0.2) is 0 Å². The molecule has 0 spiro atoms. The third-order valence-electron chi connectivity index (χ3n) is 2.73. The Labute approximate surface area is 96.7 Å². The molecular formula is C11H20ClNO2. The highest BCUT2D eigenvalue weighted by Crippen LogP contribution is 2.18. The van der Waals surface area contributed by atoms with Crippen LogP contribution in [0.2, 0.25) is 0 Å². The van der Waals surface area contributed by atoms with Crippen LogP contribution in [0.3, 0.4) is 0 Å². The molecule has 4 heteroatoms. The molecule has 1 amide bonds. The Bertz CT molecular complexity index is 209. The van der Waals surface area contributed by atoms with Gasteiger partial charge in [-0.2, -0.15) is 0 Å². The number of carbonyl (C=O) groups is 1. The first-order valence-corrected chi connectivity index (χ1v) is 6.09. The van der Waals surface area contributed by atoms with Crippen molar-refractivity contribution >= 4 is 17.5 Å². The van der Waals surface area contributed by atoms with Gasteiger partial charge >= 0.3 is 0 Å². The lowest BCUT2D eigenvalue weighted by Crippen LogP contribution is -2.43. The van der Waals surface area contributed by atoms with Crippen molar-refractivity contribution in [2.45, 2.75) is 32.1 Å². The SMILES string of the molecule is CCOC[C@H]1CCCN(C(=O)[C@@H](C)Cl)C1. The van der Waals surface area contributed by atoms with Crippen molar-refractivity contribution in [2.75, 3.05) is 26.3 Å². The Balaban J connectivity index is 2.38. The standard InChI is InChI=1S/C11H20ClNO2/c1-3-15-8-10-5-4-6-13(7-10)11(14)9(2)12/h9-10H,3-8H2,1-2H3/t9-,10+/m1/s1. The minimum absolute atomic E-state index is 0.0536. The molecule has 1 saturated heterocycles. The molecule has 1 rings (SSSR count). The molecule has 1 aliphatic heterocycles. The fourth-order valence-corrected chi connectivity index (χ4v) is 2.08. The summed E-state index contributed by atoms with van der Waals surface area (Å²) in [5.41, 5.74) is 0. The molecule has 0 N–H and O–H groups in total. The summed E-state index contributed by atoms with van der Waals surface area (Å²) in [5.74, 6) is 0.538. The van der Waals surface area contributed by atoms with Crippen molar-refractivity contribution in [1.82, 2.24) is 4.90 Å². The molecule has 0 aromatic heterocycles. The van der Waals surface area contributed by atoms with Crippen molar-refractivity contribution in [3.05, 3.63) is 0 Å². The smallest absolute Gasteiger partial charge is 0.240 e. The topological polar surface area (TPSA) is 29.5 Å². The van der Waals surface area contributed by atoms with E-state index in [0.717, 1.165) is 39.1 Å². The summed E-state index contributed by atoms with van der Waals surface area (Å²) in [6.45, 7) is 6.88. The molecule has 0 aromatic rings. The first-order valence-electron chi connectivity index (χ1n) is 5.65. The number of nitrogens with zero attached hydrogens (tertiary/aromatic N) is 1. The average Bonchev–Trinajstić information content (AvgIpc) is 2.25. The maximum absolute atomic E-state index is 11.7. The summed E-state index contributed by atoms with van der Waals surface area (Å²) in [5, 5.41) is -0.407. The van der Waals surface area contributed by atoms with E-state index in [4.69, 9.17) is 16.3 Å². The van der Waals surface area contributed by atoms with E-state index in [-0.39, 0.29) is 5.91 Å². The first-order chi connectivity index (χ1) is 7.15. The normalized spacial score (nSPS) is 23.9. The highest BCUT2D eigenvalue weighted by molar-refractivity contribution is 6.30. The summed E-state index contributed by atoms with van der Waals surface area (Å²) in [6, 6.07) is 0. The molecule has 1 fully saturated rings. The van der Waals surface area contributed by atoms with Crippen LogP contribution in [-0.4, -0.2) is 42.5 Å². The zero-order valence-corrected chi connectivity index (χ0v) is 10.3. The Morgan fingerprint density at radius 1 is 1.67 bits per heavy atom. The van der Waals surface area contributed by atoms with E-state index in [2.05, 4.69) is 0 Å². The van der Waals surface area contributed by atoms with Crippen LogP contribution in [0.15, 0.2) is 0 Å². The molecular weight excluding hydrogens is 214 g/mol. The molecule has 0 radical (unpaired) electrons. The number of likely N-dealkylation sites (tertiary alicyclic amines) is 1. The van der Waals surface area contributed by atoms with Crippen LogP contribution in [0.25, 0.3) is 0 Å². The predicted molar refractivity (Wildman–Crippen MR) is 61.1 cm³/mol. The number of hydrogen-bond acceptors (Lipinski definition) is 2. The van der Waals surface area contributed by atoms with E-state index in [9.17, 15) is 4.79 Å². The van der Waals surface area contributed by atoms with Gasteiger partial charge in [0.15, 0.2) is 0 Å². The van der Waals surface area contributed by atoms with Crippen molar-refractivity contribution < 1.29 is 9.53 Å². The molecule has 0 aliphatic carbocycles. The van der Waals surface area contributed by atoms with Crippen LogP contribution in [-0.2, 0) is 9.53 Å². The fraction of sp³-hybridized carbons (Fsp3) is 0.909. The summed E-state index contributed by atoms with van der Waals surface area (Å²) in [4.78, 5) is 13.5. The van der Waals surface area contributed by atoms with Gasteiger partial charge in [-0.15, -0.1) is 11.6 Å². The Kier molecular flexibility index (Phi) is 5.40. The summed E-state index contributed by atoms with van der Waals surface area (Å²) < 4.78 is 5.39. The largest absolute Gasteiger partial charge is 0.381 e. The second-order valence-electron chi connectivity index (χ2n) is 4.07. The van der Waals surface area contributed by atoms with Gasteiger partial charge in [-0.05, 0) is 32.6 Å². The summed E-state index contributed by atoms with van der Waals surface area (Å²) in [7, 11) is 0. The van der Waals surface area contributed by atoms with Gasteiger partial charge in [0.2, 0.25) is 5.91 Å². The number of carbonyl (C=O) groups excluding carboxylic acids is 1. The molecule has 3 nitrogen and oxygen atoms in total. The van der Waals surface area contributed by atoms with Gasteiger partial charge in [0, 0.05) is 19.7 Å². The van der Waals surface area contributed by atoms with Crippen LogP contribution in [0.1, 0.15) is 26.7 Å². The van der Waals surface area contributed by atoms with Gasteiger partial charge in [0.05, 0.1) is 6.61 Å². The number of rotatable bonds is 4. The minimum atomic E-state index is -0.407. The number of halogens is 1. The molecule has 1 heterocycles. The van der Waals surface area contributed by atoms with E-state index in [1.165, 1.54) is 0 Å². The highest BCUT2D eigenvalue weighted by atomic mass is 35.5. The number of piperidine rings is 1. The molecule has 88 valence electrons. The number of alkyl halides is 1. The third-order valence-corrected chi connectivity index (χ3v) is 2.92. The lowest BCUT2D eigenvalue weighted by Gasteiger charge is -2.33. The third kappa shape index (κ3) is 3.99. The van der Waals surface area contributed by atoms with Crippen molar-refractivity contribution in [3.63, 3.8) is 0 Å². The highest BCUT2D eigenvalue weighted by Gasteiger charge is 2.25. The minimum Gasteiger partial charge on any atom is -0.381 e. The van der Waals surface area contributed by atoms with E-state index in [1.54, 1.807) is 6.92 Å². The van der Waals surface area contributed by atoms with Crippen molar-refractivity contribution in [3.8, 4) is 0 Å². The molecule has 0 unspecified atom stereocenters. The molecule has 0 bridgehead atoms. The second kappa shape index (κ2) is 6.33. The summed E-state index contributed by atoms with van der Waals surface area (Å²) in [6.07, 6.45) is 2.22. The molecule has 2 atom stereocenters. The van der Waals surface area contributed by atoms with Crippen LogP contribution >= 0.6 is 11.6 Å². The van der Waals surface area contributed by atoms with Crippen LogP contribution in [0.4, 0.5) is 0 Å². The zero-order valence-electron chi connectivity index (χ0n) is 9.54. The van der Waals surface area contributed by atoms with Crippen molar-refractivity contribution in [2.24, 2.45) is 5.92 Å². The predicted octanol–water partition coefficient (Wildman–Crippen LogP) is 1.89. The van der Waals surface area contributed by atoms with Gasteiger partial charge in [0.25, 0.3) is 0 Å². The first kappa shape index (κ1) is 12.8. The lowest BCUT2D eigenvalue weighted by atomic mass is 9.99. The van der Waals surface area contributed by atoms with Crippen molar-refractivity contribution in [1.29, 1.82) is 0 Å². The van der Waals surface area contributed by atoms with Gasteiger partial charge in [0.1, 0.15) is 5.38 Å². The van der Waals surface area contributed by atoms with E-state index >= 15 is 0 Å². The van der Waals surface area contributed by atoms with Crippen LogP contribution < -0.4 is 0 Å². The van der Waals surface area contributed by atoms with E-state index in [1.807, 2.05) is 11.8 Å². The van der Waals surface area contributed by atoms with Crippen LogP contribution in [0, 0.1) is 5.92 Å². The maximum Gasteiger partial charge on any atom is 0.240 e. The number of amides is 1. The monoisotopic (exact) mass is 233 g/mol. The van der Waals surface area contributed by atoms with Gasteiger partial charge in [-0.3, -0.25) is 4.79 Å². The molecule has 0 saturated carbocycles. The Morgan fingerprint density at radius 2 is 2.40 bits per heavy atom. The van der Waals surface area contributed by atoms with E-state index in [0.29, 0.717) is 5.92 Å². The molecule has 15 heavy (non-hydrogen) atoms. The van der Waals surface area contributed by atoms with Crippen LogP contribution in [0.5, 0.6) is 0 Å². The molecule has 0 aromatic carbocycles. The van der Waals surface area contributed by atoms with Gasteiger partial charge in [-0.1, -0.05) is 0 Å². The van der Waals surface area contributed by atoms with E-state index < -0.39 is 5.38 Å². The number of ether oxygens (including phenoxy) is 1. The average molecular weight is 234 g/mol. The number of hydrogen-bond donors (Lipinski definition) is 0. The lowest BCUT2D eigenvalue weighted by molar-refractivity contribution is -0.132. The summed E-state index contributed by atoms with van der Waals surface area (Å²) >= 11 is 5.79. The molecule has 1 aliphatic rings. The maximum atomic E-state index is 11.7. The zero-order chi connectivity index (χ0) is 11.3. The Hall–Kier alpha value is -0.280. The second-order valence-corrected chi connectivity index (χ2v) is 4.72. The van der Waals surface area contributed by atoms with Gasteiger partial charge < -0.3 is 9.64 Å². The Morgan fingerprint density at radius 3 is 3.00 bits per heavy atom.